The summed E-state index contributed by atoms with van der Waals surface area (Å²) in [5.74, 6) is 1.21. The Hall–Kier alpha value is -2.27. The van der Waals surface area contributed by atoms with Crippen LogP contribution in [-0.4, -0.2) is 21.7 Å². The normalized spacial score (nSPS) is 17.1. The van der Waals surface area contributed by atoms with Crippen molar-refractivity contribution in [2.24, 2.45) is 5.73 Å². The highest BCUT2D eigenvalue weighted by atomic mass is 16.5. The maximum atomic E-state index is 6.00. The van der Waals surface area contributed by atoms with Gasteiger partial charge in [0, 0.05) is 18.1 Å². The molecule has 1 fully saturated rings. The third kappa shape index (κ3) is 2.01. The molecule has 1 aliphatic rings. The minimum atomic E-state index is -0.143. The Morgan fingerprint density at radius 3 is 2.77 bits per heavy atom. The van der Waals surface area contributed by atoms with Crippen molar-refractivity contribution < 1.29 is 4.52 Å². The van der Waals surface area contributed by atoms with E-state index in [2.05, 4.69) is 21.2 Å². The molecule has 2 N–H and O–H groups in total. The lowest BCUT2D eigenvalue weighted by atomic mass is 9.86. The molecule has 112 valence electrons. The zero-order valence-electron chi connectivity index (χ0n) is 12.3. The zero-order chi connectivity index (χ0) is 15.0. The molecule has 0 radical (unpaired) electrons. The van der Waals surface area contributed by atoms with Crippen LogP contribution in [0.4, 0.5) is 0 Å². The number of nitrogens with zero attached hydrogens (tertiary/aromatic N) is 3. The lowest BCUT2D eigenvalue weighted by molar-refractivity contribution is 0.284. The first-order chi connectivity index (χ1) is 10.8. The summed E-state index contributed by atoms with van der Waals surface area (Å²) < 4.78 is 5.57. The molecular weight excluding hydrogens is 276 g/mol. The Morgan fingerprint density at radius 1 is 1.14 bits per heavy atom. The van der Waals surface area contributed by atoms with Crippen molar-refractivity contribution in [3.8, 4) is 11.5 Å². The van der Waals surface area contributed by atoms with E-state index in [0.29, 0.717) is 18.3 Å². The van der Waals surface area contributed by atoms with E-state index in [1.54, 1.807) is 6.20 Å². The molecule has 2 heterocycles. The number of hydrogen-bond donors (Lipinski definition) is 1. The SMILES string of the molecule is NCC1(c2nc(-c3nccc4ccccc34)no2)CCCC1. The molecule has 5 nitrogen and oxygen atoms in total. The molecule has 1 saturated carbocycles. The highest BCUT2D eigenvalue weighted by molar-refractivity contribution is 5.92. The molecule has 2 aromatic heterocycles. The van der Waals surface area contributed by atoms with Crippen molar-refractivity contribution in [3.63, 3.8) is 0 Å². The Labute approximate surface area is 128 Å². The van der Waals surface area contributed by atoms with Gasteiger partial charge in [0.1, 0.15) is 5.69 Å². The van der Waals surface area contributed by atoms with Crippen molar-refractivity contribution in [2.45, 2.75) is 31.1 Å². The van der Waals surface area contributed by atoms with Gasteiger partial charge in [0.15, 0.2) is 0 Å². The molecule has 5 heteroatoms. The van der Waals surface area contributed by atoms with Gasteiger partial charge in [-0.3, -0.25) is 4.98 Å². The largest absolute Gasteiger partial charge is 0.338 e. The van der Waals surface area contributed by atoms with E-state index >= 15 is 0 Å². The average Bonchev–Trinajstić information content (AvgIpc) is 3.24. The molecule has 0 bridgehead atoms. The minimum absolute atomic E-state index is 0.143. The molecule has 22 heavy (non-hydrogen) atoms. The summed E-state index contributed by atoms with van der Waals surface area (Å²) in [6.07, 6.45) is 6.16. The number of rotatable bonds is 3. The van der Waals surface area contributed by atoms with E-state index < -0.39 is 0 Å². The fraction of sp³-hybridized carbons (Fsp3) is 0.353. The van der Waals surface area contributed by atoms with E-state index in [1.807, 2.05) is 24.3 Å². The molecule has 3 aromatic rings. The monoisotopic (exact) mass is 294 g/mol. The number of pyridine rings is 1. The molecule has 1 aliphatic carbocycles. The molecular formula is C17H18N4O. The second kappa shape index (κ2) is 5.18. The molecule has 0 atom stereocenters. The maximum absolute atomic E-state index is 6.00. The van der Waals surface area contributed by atoms with Gasteiger partial charge < -0.3 is 10.3 Å². The Morgan fingerprint density at radius 2 is 1.95 bits per heavy atom. The summed E-state index contributed by atoms with van der Waals surface area (Å²) in [5, 5.41) is 6.32. The lowest BCUT2D eigenvalue weighted by Gasteiger charge is -2.21. The number of hydrogen-bond acceptors (Lipinski definition) is 5. The van der Waals surface area contributed by atoms with E-state index in [1.165, 1.54) is 12.8 Å². The minimum Gasteiger partial charge on any atom is -0.338 e. The third-order valence-electron chi connectivity index (χ3n) is 4.72. The van der Waals surface area contributed by atoms with Gasteiger partial charge in [-0.15, -0.1) is 0 Å². The first kappa shape index (κ1) is 13.4. The molecule has 1 aromatic carbocycles. The van der Waals surface area contributed by atoms with Crippen molar-refractivity contribution in [1.29, 1.82) is 0 Å². The van der Waals surface area contributed by atoms with E-state index in [-0.39, 0.29) is 5.41 Å². The molecule has 0 aliphatic heterocycles. The van der Waals surface area contributed by atoms with Gasteiger partial charge in [0.05, 0.1) is 5.41 Å². The first-order valence-corrected chi connectivity index (χ1v) is 7.71. The van der Waals surface area contributed by atoms with Gasteiger partial charge >= 0.3 is 0 Å². The van der Waals surface area contributed by atoms with E-state index in [0.717, 1.165) is 29.3 Å². The van der Waals surface area contributed by atoms with Crippen LogP contribution < -0.4 is 5.73 Å². The van der Waals surface area contributed by atoms with Gasteiger partial charge in [-0.2, -0.15) is 4.98 Å². The van der Waals surface area contributed by atoms with Gasteiger partial charge in [-0.05, 0) is 24.3 Å². The molecule has 0 spiro atoms. The summed E-state index contributed by atoms with van der Waals surface area (Å²) >= 11 is 0. The van der Waals surface area contributed by atoms with Crippen molar-refractivity contribution >= 4 is 10.8 Å². The lowest BCUT2D eigenvalue weighted by Crippen LogP contribution is -2.32. The van der Waals surface area contributed by atoms with E-state index in [9.17, 15) is 0 Å². The smallest absolute Gasteiger partial charge is 0.234 e. The van der Waals surface area contributed by atoms with E-state index in [4.69, 9.17) is 10.3 Å². The predicted molar refractivity (Wildman–Crippen MR) is 84.2 cm³/mol. The highest BCUT2D eigenvalue weighted by Crippen LogP contribution is 2.40. The number of benzene rings is 1. The molecule has 0 saturated heterocycles. The van der Waals surface area contributed by atoms with Gasteiger partial charge in [0.25, 0.3) is 0 Å². The van der Waals surface area contributed by atoms with Gasteiger partial charge in [-0.1, -0.05) is 42.3 Å². The fourth-order valence-corrected chi connectivity index (χ4v) is 3.39. The quantitative estimate of drug-likeness (QED) is 0.803. The molecule has 4 rings (SSSR count). The number of nitrogens with two attached hydrogens (primary N) is 1. The van der Waals surface area contributed by atoms with Crippen LogP contribution in [0.2, 0.25) is 0 Å². The van der Waals surface area contributed by atoms with Crippen LogP contribution in [0, 0.1) is 0 Å². The van der Waals surface area contributed by atoms with Crippen LogP contribution >= 0.6 is 0 Å². The maximum Gasteiger partial charge on any atom is 0.234 e. The summed E-state index contributed by atoms with van der Waals surface area (Å²) in [7, 11) is 0. The Bertz CT molecular complexity index is 800. The van der Waals surface area contributed by atoms with Crippen molar-refractivity contribution in [3.05, 3.63) is 42.4 Å². The van der Waals surface area contributed by atoms with Crippen LogP contribution in [0.5, 0.6) is 0 Å². The Kier molecular flexibility index (Phi) is 3.15. The van der Waals surface area contributed by atoms with Crippen LogP contribution in [0.15, 0.2) is 41.1 Å². The standard InChI is InChI=1S/C17H18N4O/c18-11-17(8-3-4-9-17)16-20-15(21-22-16)14-13-6-2-1-5-12(13)7-10-19-14/h1-2,5-7,10H,3-4,8-9,11,18H2. The predicted octanol–water partition coefficient (Wildman–Crippen LogP) is 3.06. The summed E-state index contributed by atoms with van der Waals surface area (Å²) in [5.41, 5.74) is 6.62. The topological polar surface area (TPSA) is 77.8 Å². The fourth-order valence-electron chi connectivity index (χ4n) is 3.39. The average molecular weight is 294 g/mol. The zero-order valence-corrected chi connectivity index (χ0v) is 12.3. The Balaban J connectivity index is 1.81. The second-order valence-corrected chi connectivity index (χ2v) is 6.00. The number of fused-ring (bicyclic) bond motifs is 1. The second-order valence-electron chi connectivity index (χ2n) is 6.00. The summed E-state index contributed by atoms with van der Waals surface area (Å²) in [4.78, 5) is 9.08. The highest BCUT2D eigenvalue weighted by Gasteiger charge is 2.39. The molecule has 0 unspecified atom stereocenters. The van der Waals surface area contributed by atoms with Crippen LogP contribution in [0.3, 0.4) is 0 Å². The molecule has 0 amide bonds. The van der Waals surface area contributed by atoms with Crippen molar-refractivity contribution in [2.75, 3.05) is 6.54 Å². The van der Waals surface area contributed by atoms with Crippen LogP contribution in [0.25, 0.3) is 22.3 Å². The summed E-state index contributed by atoms with van der Waals surface area (Å²) in [6, 6.07) is 10.1. The van der Waals surface area contributed by atoms with Crippen molar-refractivity contribution in [1.82, 2.24) is 15.1 Å². The number of aromatic nitrogens is 3. The first-order valence-electron chi connectivity index (χ1n) is 7.71. The van der Waals surface area contributed by atoms with Gasteiger partial charge in [-0.25, -0.2) is 0 Å². The summed E-state index contributed by atoms with van der Waals surface area (Å²) in [6.45, 7) is 0.553. The van der Waals surface area contributed by atoms with Crippen LogP contribution in [0.1, 0.15) is 31.6 Å². The van der Waals surface area contributed by atoms with Crippen LogP contribution in [-0.2, 0) is 5.41 Å². The van der Waals surface area contributed by atoms with Gasteiger partial charge in [0.2, 0.25) is 11.7 Å². The third-order valence-corrected chi connectivity index (χ3v) is 4.72.